The molecule has 150 valence electrons. The highest BCUT2D eigenvalue weighted by Gasteiger charge is 2.11. The highest BCUT2D eigenvalue weighted by atomic mass is 16.5. The minimum atomic E-state index is -1.10. The largest absolute Gasteiger partial charge is 0.490 e. The lowest BCUT2D eigenvalue weighted by Gasteiger charge is -2.11. The Morgan fingerprint density at radius 1 is 1.14 bits per heavy atom. The van der Waals surface area contributed by atoms with E-state index in [4.69, 9.17) is 14.6 Å². The van der Waals surface area contributed by atoms with Crippen molar-refractivity contribution in [3.63, 3.8) is 0 Å². The number of hydrogen-bond acceptors (Lipinski definition) is 5. The van der Waals surface area contributed by atoms with Gasteiger partial charge >= 0.3 is 5.97 Å². The highest BCUT2D eigenvalue weighted by molar-refractivity contribution is 6.01. The second kappa shape index (κ2) is 11.1. The van der Waals surface area contributed by atoms with Crippen LogP contribution in [0.5, 0.6) is 11.5 Å². The first-order valence-electron chi connectivity index (χ1n) is 9.08. The molecule has 0 saturated heterocycles. The molecule has 0 aliphatic heterocycles. The number of aliphatic carboxylic acids is 1. The van der Waals surface area contributed by atoms with Gasteiger partial charge in [-0.25, -0.2) is 4.79 Å². The number of carbonyl (C=O) groups is 2. The van der Waals surface area contributed by atoms with E-state index in [9.17, 15) is 14.9 Å². The Hall–Kier alpha value is -3.79. The number of carboxylic acids is 1. The Labute approximate surface area is 169 Å². The molecule has 0 aliphatic rings. The molecule has 2 aromatic carbocycles. The van der Waals surface area contributed by atoms with Gasteiger partial charge in [0.05, 0.1) is 6.61 Å². The zero-order chi connectivity index (χ0) is 21.1. The summed E-state index contributed by atoms with van der Waals surface area (Å²) in [5.74, 6) is -0.954. The lowest BCUT2D eigenvalue weighted by atomic mass is 10.1. The highest BCUT2D eigenvalue weighted by Crippen LogP contribution is 2.29. The molecule has 0 unspecified atom stereocenters. The number of rotatable bonds is 10. The van der Waals surface area contributed by atoms with Crippen LogP contribution in [0.3, 0.4) is 0 Å². The van der Waals surface area contributed by atoms with Gasteiger partial charge in [0, 0.05) is 6.54 Å². The third kappa shape index (κ3) is 7.03. The summed E-state index contributed by atoms with van der Waals surface area (Å²) in [6.07, 6.45) is 2.11. The molecule has 7 heteroatoms. The summed E-state index contributed by atoms with van der Waals surface area (Å²) in [6, 6.07) is 16.4. The number of ether oxygens (including phenoxy) is 2. The molecule has 2 rings (SSSR count). The topological polar surface area (TPSA) is 109 Å². The fourth-order valence-corrected chi connectivity index (χ4v) is 2.52. The second-order valence-electron chi connectivity index (χ2n) is 5.98. The van der Waals surface area contributed by atoms with Crippen LogP contribution in [0.2, 0.25) is 0 Å². The van der Waals surface area contributed by atoms with Crippen molar-refractivity contribution >= 4 is 18.0 Å². The molecule has 1 amide bonds. The van der Waals surface area contributed by atoms with Crippen molar-refractivity contribution in [1.29, 1.82) is 5.26 Å². The molecular formula is C22H22N2O5. The van der Waals surface area contributed by atoms with Crippen molar-refractivity contribution in [2.75, 3.05) is 19.8 Å². The molecule has 2 N–H and O–H groups in total. The smallest absolute Gasteiger partial charge is 0.341 e. The first-order valence-corrected chi connectivity index (χ1v) is 9.08. The monoisotopic (exact) mass is 394 g/mol. The summed E-state index contributed by atoms with van der Waals surface area (Å²) in [7, 11) is 0. The van der Waals surface area contributed by atoms with Crippen molar-refractivity contribution in [2.45, 2.75) is 13.3 Å². The fraction of sp³-hybridized carbons (Fsp3) is 0.227. The average molecular weight is 394 g/mol. The van der Waals surface area contributed by atoms with Gasteiger partial charge < -0.3 is 19.9 Å². The van der Waals surface area contributed by atoms with E-state index < -0.39 is 18.5 Å². The zero-order valence-electron chi connectivity index (χ0n) is 16.1. The molecule has 29 heavy (non-hydrogen) atoms. The number of hydrogen-bond donors (Lipinski definition) is 2. The number of amides is 1. The molecule has 0 heterocycles. The summed E-state index contributed by atoms with van der Waals surface area (Å²) in [4.78, 5) is 23.0. The van der Waals surface area contributed by atoms with Gasteiger partial charge in [-0.3, -0.25) is 4.79 Å². The molecule has 0 spiro atoms. The van der Waals surface area contributed by atoms with E-state index in [1.165, 1.54) is 6.08 Å². The fourth-order valence-electron chi connectivity index (χ4n) is 2.52. The number of nitrogens with zero attached hydrogens (tertiary/aromatic N) is 1. The Morgan fingerprint density at radius 3 is 2.55 bits per heavy atom. The molecule has 7 nitrogen and oxygen atoms in total. The average Bonchev–Trinajstić information content (AvgIpc) is 2.72. The van der Waals surface area contributed by atoms with Gasteiger partial charge in [-0.1, -0.05) is 36.4 Å². The number of carboxylic acid groups (broad SMARTS) is 1. The van der Waals surface area contributed by atoms with Gasteiger partial charge in [0.1, 0.15) is 11.6 Å². The molecule has 0 saturated carbocycles. The third-order valence-corrected chi connectivity index (χ3v) is 3.84. The quantitative estimate of drug-likeness (QED) is 0.474. The van der Waals surface area contributed by atoms with E-state index in [1.807, 2.05) is 36.4 Å². The summed E-state index contributed by atoms with van der Waals surface area (Å²) >= 11 is 0. The third-order valence-electron chi connectivity index (χ3n) is 3.84. The van der Waals surface area contributed by atoms with E-state index in [-0.39, 0.29) is 11.3 Å². The first kappa shape index (κ1) is 21.5. The summed E-state index contributed by atoms with van der Waals surface area (Å²) in [6.45, 7) is 2.04. The van der Waals surface area contributed by atoms with Crippen molar-refractivity contribution < 1.29 is 24.2 Å². The summed E-state index contributed by atoms with van der Waals surface area (Å²) in [5, 5.41) is 20.8. The van der Waals surface area contributed by atoms with Gasteiger partial charge in [-0.15, -0.1) is 0 Å². The molecule has 0 aromatic heterocycles. The van der Waals surface area contributed by atoms with Crippen LogP contribution in [-0.2, 0) is 16.0 Å². The van der Waals surface area contributed by atoms with E-state index in [1.54, 1.807) is 25.1 Å². The standard InChI is InChI=1S/C22H22N2O5/c1-2-28-20-13-17(8-9-19(20)29-15-21(25)26)12-18(14-23)22(27)24-11-10-16-6-4-3-5-7-16/h3-9,12-13H,2,10-11,15H2,1H3,(H,24,27)(H,25,26)/b18-12+. The molecule has 0 atom stereocenters. The Balaban J connectivity index is 2.07. The van der Waals surface area contributed by atoms with Gasteiger partial charge in [-0.05, 0) is 42.7 Å². The van der Waals surface area contributed by atoms with E-state index >= 15 is 0 Å². The van der Waals surface area contributed by atoms with Crippen LogP contribution < -0.4 is 14.8 Å². The van der Waals surface area contributed by atoms with Gasteiger partial charge in [-0.2, -0.15) is 5.26 Å². The maximum absolute atomic E-state index is 12.3. The van der Waals surface area contributed by atoms with Crippen molar-refractivity contribution in [3.8, 4) is 17.6 Å². The predicted octanol–water partition coefficient (Wildman–Crippen LogP) is 2.81. The van der Waals surface area contributed by atoms with Gasteiger partial charge in [0.15, 0.2) is 18.1 Å². The first-order chi connectivity index (χ1) is 14.0. The Bertz CT molecular complexity index is 917. The van der Waals surface area contributed by atoms with Crippen LogP contribution in [0.1, 0.15) is 18.1 Å². The van der Waals surface area contributed by atoms with E-state index in [0.29, 0.717) is 30.9 Å². The number of benzene rings is 2. The molecular weight excluding hydrogens is 372 g/mol. The van der Waals surface area contributed by atoms with Crippen molar-refractivity contribution in [3.05, 3.63) is 65.2 Å². The molecule has 0 bridgehead atoms. The van der Waals surface area contributed by atoms with Crippen LogP contribution >= 0.6 is 0 Å². The minimum absolute atomic E-state index is 0.0419. The maximum atomic E-state index is 12.3. The SMILES string of the molecule is CCOc1cc(/C=C(\C#N)C(=O)NCCc2ccccc2)ccc1OCC(=O)O. The Kier molecular flexibility index (Phi) is 8.27. The van der Waals surface area contributed by atoms with Crippen molar-refractivity contribution in [1.82, 2.24) is 5.32 Å². The molecule has 2 aromatic rings. The lowest BCUT2D eigenvalue weighted by molar-refractivity contribution is -0.139. The van der Waals surface area contributed by atoms with Crippen LogP contribution in [0.15, 0.2) is 54.1 Å². The van der Waals surface area contributed by atoms with Crippen LogP contribution in [-0.4, -0.2) is 36.7 Å². The van der Waals surface area contributed by atoms with Gasteiger partial charge in [0.2, 0.25) is 0 Å². The van der Waals surface area contributed by atoms with Crippen LogP contribution in [0, 0.1) is 11.3 Å². The number of nitriles is 1. The van der Waals surface area contributed by atoms with Crippen LogP contribution in [0.4, 0.5) is 0 Å². The molecule has 0 fully saturated rings. The summed E-state index contributed by atoms with van der Waals surface area (Å²) < 4.78 is 10.7. The number of nitrogens with one attached hydrogen (secondary N) is 1. The lowest BCUT2D eigenvalue weighted by Crippen LogP contribution is -2.26. The zero-order valence-corrected chi connectivity index (χ0v) is 16.1. The normalized spacial score (nSPS) is 10.7. The summed E-state index contributed by atoms with van der Waals surface area (Å²) in [5.41, 5.74) is 1.61. The maximum Gasteiger partial charge on any atom is 0.341 e. The van der Waals surface area contributed by atoms with E-state index in [0.717, 1.165) is 5.56 Å². The van der Waals surface area contributed by atoms with Gasteiger partial charge in [0.25, 0.3) is 5.91 Å². The van der Waals surface area contributed by atoms with Crippen LogP contribution in [0.25, 0.3) is 6.08 Å². The molecule has 0 radical (unpaired) electrons. The van der Waals surface area contributed by atoms with E-state index in [2.05, 4.69) is 5.32 Å². The molecule has 0 aliphatic carbocycles. The predicted molar refractivity (Wildman–Crippen MR) is 107 cm³/mol. The van der Waals surface area contributed by atoms with Crippen molar-refractivity contribution in [2.24, 2.45) is 0 Å². The second-order valence-corrected chi connectivity index (χ2v) is 5.98. The Morgan fingerprint density at radius 2 is 1.90 bits per heavy atom. The number of carbonyl (C=O) groups excluding carboxylic acids is 1. The minimum Gasteiger partial charge on any atom is -0.490 e.